The number of benzene rings is 1. The highest BCUT2D eigenvalue weighted by Gasteiger charge is 2.23. The zero-order chi connectivity index (χ0) is 11.7. The molecular weight excluding hydrogens is 194 g/mol. The van der Waals surface area contributed by atoms with Gasteiger partial charge in [-0.25, -0.2) is 0 Å². The van der Waals surface area contributed by atoms with Crippen molar-refractivity contribution in [1.82, 2.24) is 0 Å². The van der Waals surface area contributed by atoms with Crippen LogP contribution in [0.3, 0.4) is 0 Å². The standard InChI is InChI=1S/C15H23N/c1-10-7-11(2)15(12(3)8-10)16-13(4)9-14-5-6-14/h7-8,13-14,16H,5-6,9H2,1-4H3. The van der Waals surface area contributed by atoms with Crippen molar-refractivity contribution < 1.29 is 0 Å². The van der Waals surface area contributed by atoms with E-state index in [1.165, 1.54) is 41.6 Å². The minimum atomic E-state index is 0.604. The molecule has 1 aliphatic rings. The van der Waals surface area contributed by atoms with Crippen molar-refractivity contribution in [3.8, 4) is 0 Å². The summed E-state index contributed by atoms with van der Waals surface area (Å²) in [7, 11) is 0. The Kier molecular flexibility index (Phi) is 3.22. The topological polar surface area (TPSA) is 12.0 Å². The summed E-state index contributed by atoms with van der Waals surface area (Å²) in [5.41, 5.74) is 5.45. The van der Waals surface area contributed by atoms with Gasteiger partial charge in [-0.15, -0.1) is 0 Å². The minimum Gasteiger partial charge on any atom is -0.382 e. The zero-order valence-electron chi connectivity index (χ0n) is 10.9. The summed E-state index contributed by atoms with van der Waals surface area (Å²) >= 11 is 0. The number of aryl methyl sites for hydroxylation is 3. The van der Waals surface area contributed by atoms with Crippen LogP contribution in [0.15, 0.2) is 12.1 Å². The van der Waals surface area contributed by atoms with Crippen molar-refractivity contribution in [3.63, 3.8) is 0 Å². The second-order valence-corrected chi connectivity index (χ2v) is 5.50. The van der Waals surface area contributed by atoms with Gasteiger partial charge in [0.05, 0.1) is 0 Å². The lowest BCUT2D eigenvalue weighted by Gasteiger charge is -2.19. The first kappa shape index (κ1) is 11.5. The smallest absolute Gasteiger partial charge is 0.0401 e. The highest BCUT2D eigenvalue weighted by Crippen LogP contribution is 2.34. The van der Waals surface area contributed by atoms with Crippen LogP contribution in [0.5, 0.6) is 0 Å². The predicted octanol–water partition coefficient (Wildman–Crippen LogP) is 4.21. The lowest BCUT2D eigenvalue weighted by Crippen LogP contribution is -2.17. The third-order valence-electron chi connectivity index (χ3n) is 3.45. The van der Waals surface area contributed by atoms with Crippen LogP contribution >= 0.6 is 0 Å². The summed E-state index contributed by atoms with van der Waals surface area (Å²) < 4.78 is 0. The number of hydrogen-bond donors (Lipinski definition) is 1. The molecule has 0 aromatic heterocycles. The summed E-state index contributed by atoms with van der Waals surface area (Å²) in [6, 6.07) is 5.13. The molecule has 1 N–H and O–H groups in total. The summed E-state index contributed by atoms with van der Waals surface area (Å²) in [6.07, 6.45) is 4.21. The molecule has 1 aromatic rings. The normalized spacial score (nSPS) is 17.2. The van der Waals surface area contributed by atoms with Gasteiger partial charge in [0.1, 0.15) is 0 Å². The van der Waals surface area contributed by atoms with E-state index in [2.05, 4.69) is 45.1 Å². The molecule has 1 saturated carbocycles. The van der Waals surface area contributed by atoms with Crippen LogP contribution < -0.4 is 5.32 Å². The van der Waals surface area contributed by atoms with E-state index in [9.17, 15) is 0 Å². The van der Waals surface area contributed by atoms with Crippen LogP contribution in [0.25, 0.3) is 0 Å². The van der Waals surface area contributed by atoms with Crippen LogP contribution in [-0.2, 0) is 0 Å². The van der Waals surface area contributed by atoms with Gasteiger partial charge in [0.25, 0.3) is 0 Å². The molecule has 1 aromatic carbocycles. The molecule has 0 spiro atoms. The first-order valence-corrected chi connectivity index (χ1v) is 6.40. The quantitative estimate of drug-likeness (QED) is 0.796. The van der Waals surface area contributed by atoms with Gasteiger partial charge in [0.15, 0.2) is 0 Å². The fourth-order valence-electron chi connectivity index (χ4n) is 2.57. The van der Waals surface area contributed by atoms with Crippen LogP contribution in [-0.4, -0.2) is 6.04 Å². The Hall–Kier alpha value is -0.980. The van der Waals surface area contributed by atoms with Crippen LogP contribution in [0, 0.1) is 26.7 Å². The second-order valence-electron chi connectivity index (χ2n) is 5.50. The maximum atomic E-state index is 3.68. The maximum Gasteiger partial charge on any atom is 0.0401 e. The van der Waals surface area contributed by atoms with Gasteiger partial charge in [-0.05, 0) is 51.2 Å². The van der Waals surface area contributed by atoms with Gasteiger partial charge in [-0.1, -0.05) is 30.5 Å². The molecular formula is C15H23N. The van der Waals surface area contributed by atoms with E-state index in [4.69, 9.17) is 0 Å². The van der Waals surface area contributed by atoms with Crippen LogP contribution in [0.2, 0.25) is 0 Å². The summed E-state index contributed by atoms with van der Waals surface area (Å²) in [5, 5.41) is 3.68. The molecule has 2 rings (SSSR count). The third-order valence-corrected chi connectivity index (χ3v) is 3.45. The predicted molar refractivity (Wildman–Crippen MR) is 71.1 cm³/mol. The number of anilines is 1. The van der Waals surface area contributed by atoms with E-state index in [0.717, 1.165) is 5.92 Å². The Labute approximate surface area is 99.3 Å². The summed E-state index contributed by atoms with van der Waals surface area (Å²) in [4.78, 5) is 0. The van der Waals surface area contributed by atoms with Gasteiger partial charge >= 0.3 is 0 Å². The molecule has 88 valence electrons. The molecule has 1 atom stereocenters. The second kappa shape index (κ2) is 4.48. The fraction of sp³-hybridized carbons (Fsp3) is 0.600. The van der Waals surface area contributed by atoms with Crippen molar-refractivity contribution in [2.24, 2.45) is 5.92 Å². The Morgan fingerprint density at radius 2 is 1.75 bits per heavy atom. The summed E-state index contributed by atoms with van der Waals surface area (Å²) in [5.74, 6) is 0.994. The molecule has 0 radical (unpaired) electrons. The van der Waals surface area contributed by atoms with E-state index < -0.39 is 0 Å². The first-order valence-electron chi connectivity index (χ1n) is 6.40. The first-order chi connectivity index (χ1) is 7.56. The lowest BCUT2D eigenvalue weighted by molar-refractivity contribution is 0.641. The zero-order valence-corrected chi connectivity index (χ0v) is 10.9. The number of nitrogens with one attached hydrogen (secondary N) is 1. The van der Waals surface area contributed by atoms with Crippen LogP contribution in [0.1, 0.15) is 42.9 Å². The molecule has 0 bridgehead atoms. The Balaban J connectivity index is 2.07. The van der Waals surface area contributed by atoms with Gasteiger partial charge in [-0.3, -0.25) is 0 Å². The van der Waals surface area contributed by atoms with Gasteiger partial charge in [0.2, 0.25) is 0 Å². The van der Waals surface area contributed by atoms with E-state index >= 15 is 0 Å². The molecule has 16 heavy (non-hydrogen) atoms. The van der Waals surface area contributed by atoms with E-state index in [-0.39, 0.29) is 0 Å². The monoisotopic (exact) mass is 217 g/mol. The van der Waals surface area contributed by atoms with Crippen molar-refractivity contribution in [2.75, 3.05) is 5.32 Å². The Bertz CT molecular complexity index is 354. The molecule has 0 heterocycles. The van der Waals surface area contributed by atoms with Crippen molar-refractivity contribution in [1.29, 1.82) is 0 Å². The molecule has 1 fully saturated rings. The van der Waals surface area contributed by atoms with Gasteiger partial charge < -0.3 is 5.32 Å². The summed E-state index contributed by atoms with van der Waals surface area (Å²) in [6.45, 7) is 8.87. The van der Waals surface area contributed by atoms with Gasteiger partial charge in [-0.2, -0.15) is 0 Å². The molecule has 1 heteroatoms. The van der Waals surface area contributed by atoms with E-state index in [1.54, 1.807) is 0 Å². The third kappa shape index (κ3) is 2.78. The fourth-order valence-corrected chi connectivity index (χ4v) is 2.57. The van der Waals surface area contributed by atoms with Crippen molar-refractivity contribution in [3.05, 3.63) is 28.8 Å². The van der Waals surface area contributed by atoms with E-state index in [1.807, 2.05) is 0 Å². The van der Waals surface area contributed by atoms with Gasteiger partial charge in [0, 0.05) is 11.7 Å². The highest BCUT2D eigenvalue weighted by molar-refractivity contribution is 5.58. The maximum absolute atomic E-state index is 3.68. The van der Waals surface area contributed by atoms with Crippen LogP contribution in [0.4, 0.5) is 5.69 Å². The Morgan fingerprint density at radius 1 is 1.19 bits per heavy atom. The molecule has 1 aliphatic carbocycles. The average molecular weight is 217 g/mol. The highest BCUT2D eigenvalue weighted by atomic mass is 14.9. The SMILES string of the molecule is Cc1cc(C)c(NC(C)CC2CC2)c(C)c1. The number of hydrogen-bond acceptors (Lipinski definition) is 1. The van der Waals surface area contributed by atoms with Crippen molar-refractivity contribution in [2.45, 2.75) is 53.0 Å². The minimum absolute atomic E-state index is 0.604. The van der Waals surface area contributed by atoms with Crippen molar-refractivity contribution >= 4 is 5.69 Å². The lowest BCUT2D eigenvalue weighted by atomic mass is 10.0. The Morgan fingerprint density at radius 3 is 2.25 bits per heavy atom. The molecule has 1 unspecified atom stereocenters. The largest absolute Gasteiger partial charge is 0.382 e. The molecule has 0 saturated heterocycles. The average Bonchev–Trinajstić information content (AvgIpc) is 2.95. The molecule has 0 aliphatic heterocycles. The van der Waals surface area contributed by atoms with E-state index in [0.29, 0.717) is 6.04 Å². The molecule has 1 nitrogen and oxygen atoms in total. The number of rotatable bonds is 4. The molecule has 0 amide bonds.